The standard InChI is InChI=1S/C14H24N2O/c17-14(4-2-10-5-6-15-9-10)16-13-8-11-1-3-12(13)7-11/h10-13,15H,1-9H2,(H,16,17). The number of rotatable bonds is 4. The lowest BCUT2D eigenvalue weighted by Gasteiger charge is -2.23. The summed E-state index contributed by atoms with van der Waals surface area (Å²) in [6.07, 6.45) is 8.44. The van der Waals surface area contributed by atoms with Crippen molar-refractivity contribution in [3.8, 4) is 0 Å². The molecule has 0 aromatic heterocycles. The summed E-state index contributed by atoms with van der Waals surface area (Å²) in [5.74, 6) is 2.76. The molecule has 0 radical (unpaired) electrons. The van der Waals surface area contributed by atoms with Crippen LogP contribution in [0.25, 0.3) is 0 Å². The molecule has 3 rings (SSSR count). The molecule has 1 aliphatic heterocycles. The fourth-order valence-electron chi connectivity index (χ4n) is 4.00. The van der Waals surface area contributed by atoms with Crippen LogP contribution in [-0.4, -0.2) is 25.0 Å². The second kappa shape index (κ2) is 4.97. The van der Waals surface area contributed by atoms with Crippen molar-refractivity contribution in [2.45, 2.75) is 51.0 Å². The first-order valence-corrected chi connectivity index (χ1v) is 7.31. The van der Waals surface area contributed by atoms with Gasteiger partial charge in [-0.25, -0.2) is 0 Å². The molecule has 0 aromatic carbocycles. The van der Waals surface area contributed by atoms with Crippen molar-refractivity contribution in [3.05, 3.63) is 0 Å². The zero-order valence-corrected chi connectivity index (χ0v) is 10.6. The van der Waals surface area contributed by atoms with E-state index in [1.165, 1.54) is 32.1 Å². The van der Waals surface area contributed by atoms with E-state index in [4.69, 9.17) is 0 Å². The second-order valence-corrected chi connectivity index (χ2v) is 6.25. The zero-order valence-electron chi connectivity index (χ0n) is 10.6. The zero-order chi connectivity index (χ0) is 11.7. The van der Waals surface area contributed by atoms with Crippen LogP contribution in [0, 0.1) is 17.8 Å². The van der Waals surface area contributed by atoms with Gasteiger partial charge in [0.25, 0.3) is 0 Å². The van der Waals surface area contributed by atoms with Gasteiger partial charge < -0.3 is 10.6 Å². The van der Waals surface area contributed by atoms with Gasteiger partial charge in [-0.05, 0) is 62.9 Å². The molecule has 2 aliphatic carbocycles. The molecule has 0 spiro atoms. The van der Waals surface area contributed by atoms with Crippen molar-refractivity contribution in [2.75, 3.05) is 13.1 Å². The Bertz CT molecular complexity index is 286. The SMILES string of the molecule is O=C(CCC1CCNC1)NC1CC2CCC1C2. The fourth-order valence-corrected chi connectivity index (χ4v) is 4.00. The predicted molar refractivity (Wildman–Crippen MR) is 67.6 cm³/mol. The van der Waals surface area contributed by atoms with Gasteiger partial charge in [-0.1, -0.05) is 6.42 Å². The maximum Gasteiger partial charge on any atom is 0.220 e. The molecule has 3 fully saturated rings. The molecule has 1 saturated heterocycles. The van der Waals surface area contributed by atoms with E-state index in [-0.39, 0.29) is 0 Å². The van der Waals surface area contributed by atoms with Crippen LogP contribution in [0.4, 0.5) is 0 Å². The number of hydrogen-bond acceptors (Lipinski definition) is 2. The third kappa shape index (κ3) is 2.65. The Morgan fingerprint density at radius 3 is 2.82 bits per heavy atom. The third-order valence-electron chi connectivity index (χ3n) is 5.03. The van der Waals surface area contributed by atoms with E-state index in [0.29, 0.717) is 11.9 Å². The minimum absolute atomic E-state index is 0.300. The van der Waals surface area contributed by atoms with Crippen molar-refractivity contribution in [1.29, 1.82) is 0 Å². The summed E-state index contributed by atoms with van der Waals surface area (Å²) >= 11 is 0. The summed E-state index contributed by atoms with van der Waals surface area (Å²) in [6, 6.07) is 0.517. The first-order chi connectivity index (χ1) is 8.31. The van der Waals surface area contributed by atoms with Crippen LogP contribution in [0.5, 0.6) is 0 Å². The van der Waals surface area contributed by atoms with E-state index in [1.54, 1.807) is 0 Å². The summed E-state index contributed by atoms with van der Waals surface area (Å²) in [4.78, 5) is 11.9. The van der Waals surface area contributed by atoms with Crippen molar-refractivity contribution >= 4 is 5.91 Å². The third-order valence-corrected chi connectivity index (χ3v) is 5.03. The second-order valence-electron chi connectivity index (χ2n) is 6.25. The molecule has 3 nitrogen and oxygen atoms in total. The fraction of sp³-hybridized carbons (Fsp3) is 0.929. The molecule has 4 unspecified atom stereocenters. The Hall–Kier alpha value is -0.570. The highest BCUT2D eigenvalue weighted by Gasteiger charge is 2.39. The monoisotopic (exact) mass is 236 g/mol. The van der Waals surface area contributed by atoms with E-state index in [2.05, 4.69) is 10.6 Å². The molecule has 3 heteroatoms. The number of fused-ring (bicyclic) bond motifs is 2. The summed E-state index contributed by atoms with van der Waals surface area (Å²) in [5, 5.41) is 6.63. The smallest absolute Gasteiger partial charge is 0.220 e. The van der Waals surface area contributed by atoms with Gasteiger partial charge in [0.15, 0.2) is 0 Å². The minimum Gasteiger partial charge on any atom is -0.353 e. The van der Waals surface area contributed by atoms with E-state index in [0.717, 1.165) is 43.7 Å². The molecule has 2 bridgehead atoms. The number of carbonyl (C=O) groups is 1. The van der Waals surface area contributed by atoms with Crippen LogP contribution in [0.2, 0.25) is 0 Å². The first-order valence-electron chi connectivity index (χ1n) is 7.31. The summed E-state index contributed by atoms with van der Waals surface area (Å²) in [7, 11) is 0. The lowest BCUT2D eigenvalue weighted by molar-refractivity contribution is -0.122. The van der Waals surface area contributed by atoms with Crippen molar-refractivity contribution in [2.24, 2.45) is 17.8 Å². The Kier molecular flexibility index (Phi) is 3.37. The maximum absolute atomic E-state index is 11.9. The van der Waals surface area contributed by atoms with Gasteiger partial charge in [-0.15, -0.1) is 0 Å². The van der Waals surface area contributed by atoms with Crippen molar-refractivity contribution < 1.29 is 4.79 Å². The molecule has 0 aromatic rings. The van der Waals surface area contributed by atoms with Gasteiger partial charge in [-0.3, -0.25) is 4.79 Å². The number of nitrogens with one attached hydrogen (secondary N) is 2. The van der Waals surface area contributed by atoms with Gasteiger partial charge in [-0.2, -0.15) is 0 Å². The normalized spacial score (nSPS) is 39.8. The van der Waals surface area contributed by atoms with Gasteiger partial charge in [0, 0.05) is 12.5 Å². The Morgan fingerprint density at radius 2 is 2.18 bits per heavy atom. The number of carbonyl (C=O) groups excluding carboxylic acids is 1. The van der Waals surface area contributed by atoms with E-state index in [1.807, 2.05) is 0 Å². The Morgan fingerprint density at radius 1 is 1.24 bits per heavy atom. The van der Waals surface area contributed by atoms with Gasteiger partial charge >= 0.3 is 0 Å². The van der Waals surface area contributed by atoms with Gasteiger partial charge in [0.1, 0.15) is 0 Å². The predicted octanol–water partition coefficient (Wildman–Crippen LogP) is 1.68. The number of hydrogen-bond donors (Lipinski definition) is 2. The number of amides is 1. The van der Waals surface area contributed by atoms with Crippen molar-refractivity contribution in [1.82, 2.24) is 10.6 Å². The maximum atomic E-state index is 11.9. The largest absolute Gasteiger partial charge is 0.353 e. The Labute approximate surface area is 104 Å². The van der Waals surface area contributed by atoms with Gasteiger partial charge in [0.2, 0.25) is 5.91 Å². The van der Waals surface area contributed by atoms with E-state index >= 15 is 0 Å². The molecule has 2 N–H and O–H groups in total. The molecule has 1 heterocycles. The molecule has 1 amide bonds. The van der Waals surface area contributed by atoms with Crippen LogP contribution in [0.3, 0.4) is 0 Å². The minimum atomic E-state index is 0.300. The molecule has 4 atom stereocenters. The summed E-state index contributed by atoms with van der Waals surface area (Å²) in [5.41, 5.74) is 0. The van der Waals surface area contributed by atoms with Crippen molar-refractivity contribution in [3.63, 3.8) is 0 Å². The molecule has 17 heavy (non-hydrogen) atoms. The first kappa shape index (κ1) is 11.5. The lowest BCUT2D eigenvalue weighted by Crippen LogP contribution is -2.38. The molecule has 96 valence electrons. The summed E-state index contributed by atoms with van der Waals surface area (Å²) < 4.78 is 0. The highest BCUT2D eigenvalue weighted by atomic mass is 16.1. The molecule has 3 aliphatic rings. The highest BCUT2D eigenvalue weighted by molar-refractivity contribution is 5.76. The molecular formula is C14H24N2O. The topological polar surface area (TPSA) is 41.1 Å². The van der Waals surface area contributed by atoms with E-state index in [9.17, 15) is 4.79 Å². The van der Waals surface area contributed by atoms with Crippen LogP contribution >= 0.6 is 0 Å². The quantitative estimate of drug-likeness (QED) is 0.780. The van der Waals surface area contributed by atoms with Gasteiger partial charge in [0.05, 0.1) is 0 Å². The average molecular weight is 236 g/mol. The van der Waals surface area contributed by atoms with E-state index < -0.39 is 0 Å². The highest BCUT2D eigenvalue weighted by Crippen LogP contribution is 2.44. The van der Waals surface area contributed by atoms with Crippen LogP contribution in [-0.2, 0) is 4.79 Å². The molecular weight excluding hydrogens is 212 g/mol. The lowest BCUT2D eigenvalue weighted by atomic mass is 9.95. The van der Waals surface area contributed by atoms with Crippen LogP contribution in [0.1, 0.15) is 44.9 Å². The average Bonchev–Trinajstić information content (AvgIpc) is 3.03. The van der Waals surface area contributed by atoms with Crippen LogP contribution < -0.4 is 10.6 Å². The Balaban J connectivity index is 1.38. The molecule has 2 saturated carbocycles. The summed E-state index contributed by atoms with van der Waals surface area (Å²) in [6.45, 7) is 2.25. The van der Waals surface area contributed by atoms with Crippen LogP contribution in [0.15, 0.2) is 0 Å².